The molecule has 0 spiro atoms. The SMILES string of the molecule is O=C(COc1ccccc1/C=C1/C(=O)NC(=O)N(c2cccc([N+](=O)[O-])c2)C1=O)Nc1ccccc1Cl. The number of nitro groups is 1. The number of nitrogens with zero attached hydrogens (tertiary/aromatic N) is 2. The fourth-order valence-electron chi connectivity index (χ4n) is 3.42. The van der Waals surface area contributed by atoms with Gasteiger partial charge in [0.15, 0.2) is 6.61 Å². The van der Waals surface area contributed by atoms with Crippen molar-refractivity contribution in [2.24, 2.45) is 0 Å². The van der Waals surface area contributed by atoms with Crippen LogP contribution >= 0.6 is 11.6 Å². The first-order chi connectivity index (χ1) is 17.7. The average molecular weight is 521 g/mol. The highest BCUT2D eigenvalue weighted by molar-refractivity contribution is 6.39. The van der Waals surface area contributed by atoms with E-state index >= 15 is 0 Å². The van der Waals surface area contributed by atoms with Crippen LogP contribution in [0.3, 0.4) is 0 Å². The van der Waals surface area contributed by atoms with Gasteiger partial charge in [-0.1, -0.05) is 48.0 Å². The fraction of sp³-hybridized carbons (Fsp3) is 0.0400. The number of nitrogens with one attached hydrogen (secondary N) is 2. The van der Waals surface area contributed by atoms with Crippen molar-refractivity contribution in [1.82, 2.24) is 5.32 Å². The molecule has 12 heteroatoms. The predicted molar refractivity (Wildman–Crippen MR) is 134 cm³/mol. The van der Waals surface area contributed by atoms with Gasteiger partial charge in [-0.25, -0.2) is 9.69 Å². The second-order valence-electron chi connectivity index (χ2n) is 7.59. The van der Waals surface area contributed by atoms with Crippen molar-refractivity contribution in [2.75, 3.05) is 16.8 Å². The number of imide groups is 2. The first-order valence-corrected chi connectivity index (χ1v) is 11.0. The molecule has 0 bridgehead atoms. The highest BCUT2D eigenvalue weighted by Gasteiger charge is 2.37. The molecule has 3 aromatic carbocycles. The number of rotatable bonds is 7. The van der Waals surface area contributed by atoms with Gasteiger partial charge < -0.3 is 10.1 Å². The molecular formula is C25H17ClN4O7. The van der Waals surface area contributed by atoms with E-state index in [0.29, 0.717) is 15.6 Å². The standard InChI is InChI=1S/C25H17ClN4O7/c26-19-9-2-3-10-20(19)27-22(31)14-37-21-11-4-1-6-15(21)12-18-23(32)28-25(34)29(24(18)33)16-7-5-8-17(13-16)30(35)36/h1-13H,14H2,(H,27,31)(H,28,32,34)/b18-12-. The second-order valence-corrected chi connectivity index (χ2v) is 8.00. The van der Waals surface area contributed by atoms with E-state index in [1.807, 2.05) is 0 Å². The minimum absolute atomic E-state index is 0.0871. The van der Waals surface area contributed by atoms with Gasteiger partial charge in [0.25, 0.3) is 23.4 Å². The molecule has 1 fully saturated rings. The minimum atomic E-state index is -1.05. The molecule has 2 N–H and O–H groups in total. The van der Waals surface area contributed by atoms with E-state index in [4.69, 9.17) is 16.3 Å². The van der Waals surface area contributed by atoms with Crippen LogP contribution < -0.4 is 20.3 Å². The number of carbonyl (C=O) groups is 4. The Morgan fingerprint density at radius 2 is 1.78 bits per heavy atom. The maximum atomic E-state index is 13.1. The zero-order valence-electron chi connectivity index (χ0n) is 18.8. The van der Waals surface area contributed by atoms with Gasteiger partial charge in [-0.2, -0.15) is 0 Å². The summed E-state index contributed by atoms with van der Waals surface area (Å²) >= 11 is 6.04. The van der Waals surface area contributed by atoms with E-state index in [2.05, 4.69) is 10.6 Å². The number of hydrogen-bond donors (Lipinski definition) is 2. The number of amides is 5. The van der Waals surface area contributed by atoms with Crippen LogP contribution in [0.5, 0.6) is 5.75 Å². The normalized spacial score (nSPS) is 14.4. The third-order valence-corrected chi connectivity index (χ3v) is 5.46. The van der Waals surface area contributed by atoms with Crippen molar-refractivity contribution in [3.05, 3.63) is 99.1 Å². The molecule has 0 saturated carbocycles. The smallest absolute Gasteiger partial charge is 0.335 e. The summed E-state index contributed by atoms with van der Waals surface area (Å²) in [5, 5.41) is 16.1. The Bertz CT molecular complexity index is 1470. The molecule has 3 aromatic rings. The number of carbonyl (C=O) groups excluding carboxylic acids is 4. The molecule has 1 heterocycles. The van der Waals surface area contributed by atoms with Gasteiger partial charge in [-0.3, -0.25) is 29.8 Å². The lowest BCUT2D eigenvalue weighted by Gasteiger charge is -2.26. The third-order valence-electron chi connectivity index (χ3n) is 5.13. The Morgan fingerprint density at radius 3 is 2.54 bits per heavy atom. The Hall–Kier alpha value is -5.03. The van der Waals surface area contributed by atoms with Crippen molar-refractivity contribution in [2.45, 2.75) is 0 Å². The summed E-state index contributed by atoms with van der Waals surface area (Å²) in [7, 11) is 0. The van der Waals surface area contributed by atoms with Crippen LogP contribution in [-0.2, 0) is 14.4 Å². The molecular weight excluding hydrogens is 504 g/mol. The summed E-state index contributed by atoms with van der Waals surface area (Å²) in [5.41, 5.74) is -0.156. The van der Waals surface area contributed by atoms with Crippen LogP contribution in [0.4, 0.5) is 21.9 Å². The molecule has 5 amide bonds. The molecule has 1 aliphatic rings. The Kier molecular flexibility index (Phi) is 7.26. The molecule has 11 nitrogen and oxygen atoms in total. The van der Waals surface area contributed by atoms with Gasteiger partial charge in [0.1, 0.15) is 11.3 Å². The fourth-order valence-corrected chi connectivity index (χ4v) is 3.60. The highest BCUT2D eigenvalue weighted by atomic mass is 35.5. The minimum Gasteiger partial charge on any atom is -0.483 e. The molecule has 37 heavy (non-hydrogen) atoms. The molecule has 0 atom stereocenters. The van der Waals surface area contributed by atoms with E-state index in [1.54, 1.807) is 42.5 Å². The van der Waals surface area contributed by atoms with E-state index in [1.165, 1.54) is 30.3 Å². The molecule has 4 rings (SSSR count). The topological polar surface area (TPSA) is 148 Å². The lowest BCUT2D eigenvalue weighted by Crippen LogP contribution is -2.54. The number of hydrogen-bond acceptors (Lipinski definition) is 7. The number of anilines is 2. The number of ether oxygens (including phenoxy) is 1. The number of halogens is 1. The third kappa shape index (κ3) is 5.63. The average Bonchev–Trinajstić information content (AvgIpc) is 2.87. The largest absolute Gasteiger partial charge is 0.483 e. The van der Waals surface area contributed by atoms with Crippen molar-refractivity contribution in [1.29, 1.82) is 0 Å². The molecule has 186 valence electrons. The second kappa shape index (κ2) is 10.7. The van der Waals surface area contributed by atoms with Gasteiger partial charge in [0, 0.05) is 17.7 Å². The highest BCUT2D eigenvalue weighted by Crippen LogP contribution is 2.27. The van der Waals surface area contributed by atoms with E-state index in [9.17, 15) is 29.3 Å². The maximum Gasteiger partial charge on any atom is 0.335 e. The van der Waals surface area contributed by atoms with Crippen LogP contribution in [0, 0.1) is 10.1 Å². The van der Waals surface area contributed by atoms with Crippen LogP contribution in [-0.4, -0.2) is 35.3 Å². The van der Waals surface area contributed by atoms with E-state index < -0.39 is 40.9 Å². The van der Waals surface area contributed by atoms with Crippen molar-refractivity contribution >= 4 is 58.5 Å². The van der Waals surface area contributed by atoms with Crippen LogP contribution in [0.2, 0.25) is 5.02 Å². The lowest BCUT2D eigenvalue weighted by molar-refractivity contribution is -0.384. The first-order valence-electron chi connectivity index (χ1n) is 10.7. The van der Waals surface area contributed by atoms with Gasteiger partial charge >= 0.3 is 6.03 Å². The van der Waals surface area contributed by atoms with Crippen molar-refractivity contribution < 1.29 is 28.8 Å². The van der Waals surface area contributed by atoms with Crippen molar-refractivity contribution in [3.8, 4) is 5.75 Å². The van der Waals surface area contributed by atoms with Gasteiger partial charge in [-0.15, -0.1) is 0 Å². The summed E-state index contributed by atoms with van der Waals surface area (Å²) < 4.78 is 5.60. The summed E-state index contributed by atoms with van der Waals surface area (Å²) in [5.74, 6) is -2.25. The molecule has 0 aliphatic carbocycles. The summed E-state index contributed by atoms with van der Waals surface area (Å²) in [6.07, 6.45) is 1.20. The van der Waals surface area contributed by atoms with Crippen LogP contribution in [0.1, 0.15) is 5.56 Å². The summed E-state index contributed by atoms with van der Waals surface area (Å²) in [6.45, 7) is -0.399. The number of nitro benzene ring substituents is 1. The number of non-ortho nitro benzene ring substituents is 1. The number of barbiturate groups is 1. The predicted octanol–water partition coefficient (Wildman–Crippen LogP) is 3.93. The molecule has 1 saturated heterocycles. The maximum absolute atomic E-state index is 13.1. The van der Waals surface area contributed by atoms with E-state index in [-0.39, 0.29) is 22.7 Å². The van der Waals surface area contributed by atoms with E-state index in [0.717, 1.165) is 6.07 Å². The number of benzene rings is 3. The van der Waals surface area contributed by atoms with Crippen LogP contribution in [0.15, 0.2) is 78.4 Å². The Labute approximate surface area is 214 Å². The quantitative estimate of drug-likeness (QED) is 0.207. The molecule has 0 unspecified atom stereocenters. The van der Waals surface area contributed by atoms with Crippen LogP contribution in [0.25, 0.3) is 6.08 Å². The number of para-hydroxylation sites is 2. The van der Waals surface area contributed by atoms with Gasteiger partial charge in [0.05, 0.1) is 21.3 Å². The summed E-state index contributed by atoms with van der Waals surface area (Å²) in [6, 6.07) is 16.8. The van der Waals surface area contributed by atoms with Gasteiger partial charge in [0.2, 0.25) is 0 Å². The summed E-state index contributed by atoms with van der Waals surface area (Å²) in [4.78, 5) is 61.5. The van der Waals surface area contributed by atoms with Crippen molar-refractivity contribution in [3.63, 3.8) is 0 Å². The zero-order chi connectivity index (χ0) is 26.5. The Morgan fingerprint density at radius 1 is 1.05 bits per heavy atom. The molecule has 0 radical (unpaired) electrons. The first kappa shape index (κ1) is 25.1. The number of urea groups is 1. The molecule has 0 aromatic heterocycles. The molecule has 1 aliphatic heterocycles. The zero-order valence-corrected chi connectivity index (χ0v) is 19.6. The lowest BCUT2D eigenvalue weighted by atomic mass is 10.1. The Balaban J connectivity index is 1.57. The monoisotopic (exact) mass is 520 g/mol. The van der Waals surface area contributed by atoms with Gasteiger partial charge in [-0.05, 0) is 30.3 Å².